The van der Waals surface area contributed by atoms with E-state index in [1.165, 1.54) is 29.2 Å². The second-order valence-corrected chi connectivity index (χ2v) is 7.46. The zero-order valence-electron chi connectivity index (χ0n) is 15.7. The highest BCUT2D eigenvalue weighted by Crippen LogP contribution is 2.43. The summed E-state index contributed by atoms with van der Waals surface area (Å²) in [7, 11) is 0. The van der Waals surface area contributed by atoms with Gasteiger partial charge in [-0.15, -0.1) is 13.2 Å². The summed E-state index contributed by atoms with van der Waals surface area (Å²) in [6, 6.07) is 10.7. The molecule has 4 nitrogen and oxygen atoms in total. The summed E-state index contributed by atoms with van der Waals surface area (Å²) in [4.78, 5) is 14.1. The van der Waals surface area contributed by atoms with Gasteiger partial charge in [0, 0.05) is 30.9 Å². The fourth-order valence-corrected chi connectivity index (χ4v) is 3.71. The molecule has 30 heavy (non-hydrogen) atoms. The lowest BCUT2D eigenvalue weighted by Crippen LogP contribution is -2.47. The number of hydrogen-bond acceptors (Lipinski definition) is 3. The molecule has 0 saturated heterocycles. The molecule has 0 atom stereocenters. The van der Waals surface area contributed by atoms with Crippen LogP contribution in [-0.2, 0) is 11.3 Å². The highest BCUT2D eigenvalue weighted by molar-refractivity contribution is 5.80. The lowest BCUT2D eigenvalue weighted by molar-refractivity contribution is -0.274. The minimum atomic E-state index is -4.76. The average Bonchev–Trinajstić information content (AvgIpc) is 2.86. The van der Waals surface area contributed by atoms with Crippen LogP contribution in [-0.4, -0.2) is 36.2 Å². The Hall–Kier alpha value is -2.84. The molecule has 0 spiro atoms. The van der Waals surface area contributed by atoms with E-state index in [2.05, 4.69) is 4.74 Å². The van der Waals surface area contributed by atoms with Gasteiger partial charge in [0.25, 0.3) is 0 Å². The second kappa shape index (κ2) is 7.45. The molecule has 160 valence electrons. The van der Waals surface area contributed by atoms with Crippen LogP contribution in [0, 0.1) is 5.92 Å². The largest absolute Gasteiger partial charge is 0.573 e. The number of carbonyl (C=O) groups excluding carboxylic acids is 1. The fourth-order valence-electron chi connectivity index (χ4n) is 3.71. The van der Waals surface area contributed by atoms with Gasteiger partial charge in [-0.2, -0.15) is 0 Å². The van der Waals surface area contributed by atoms with Crippen LogP contribution in [0.4, 0.5) is 22.0 Å². The Morgan fingerprint density at radius 2 is 1.73 bits per heavy atom. The van der Waals surface area contributed by atoms with Crippen molar-refractivity contribution in [2.45, 2.75) is 31.7 Å². The highest BCUT2D eigenvalue weighted by Gasteiger charge is 2.49. The lowest BCUT2D eigenvalue weighted by Gasteiger charge is -2.36. The van der Waals surface area contributed by atoms with Crippen LogP contribution in [0.3, 0.4) is 0 Å². The summed E-state index contributed by atoms with van der Waals surface area (Å²) in [6.45, 7) is 0.776. The smallest absolute Gasteiger partial charge is 0.491 e. The summed E-state index contributed by atoms with van der Waals surface area (Å²) in [5.41, 5.74) is 2.09. The van der Waals surface area contributed by atoms with Gasteiger partial charge >= 0.3 is 6.36 Å². The van der Waals surface area contributed by atoms with E-state index < -0.39 is 31.0 Å². The van der Waals surface area contributed by atoms with E-state index in [4.69, 9.17) is 4.74 Å². The van der Waals surface area contributed by atoms with E-state index in [0.717, 1.165) is 5.56 Å². The zero-order valence-corrected chi connectivity index (χ0v) is 15.7. The minimum Gasteiger partial charge on any atom is -0.491 e. The maximum atomic E-state index is 13.1. The van der Waals surface area contributed by atoms with Gasteiger partial charge in [0.05, 0.1) is 6.54 Å². The van der Waals surface area contributed by atoms with E-state index >= 15 is 0 Å². The van der Waals surface area contributed by atoms with Crippen molar-refractivity contribution in [2.24, 2.45) is 5.92 Å². The number of nitrogens with zero attached hydrogens (tertiary/aromatic N) is 1. The third-order valence-corrected chi connectivity index (χ3v) is 5.21. The van der Waals surface area contributed by atoms with Crippen molar-refractivity contribution in [1.29, 1.82) is 0 Å². The normalized spacial score (nSPS) is 18.6. The van der Waals surface area contributed by atoms with Gasteiger partial charge in [-0.25, -0.2) is 8.78 Å². The molecule has 1 aliphatic carbocycles. The van der Waals surface area contributed by atoms with Crippen LogP contribution < -0.4 is 9.47 Å². The summed E-state index contributed by atoms with van der Waals surface area (Å²) >= 11 is 0. The fraction of sp³-hybridized carbons (Fsp3) is 0.381. The maximum Gasteiger partial charge on any atom is 0.573 e. The second-order valence-electron chi connectivity index (χ2n) is 7.46. The van der Waals surface area contributed by atoms with E-state index in [9.17, 15) is 26.7 Å². The van der Waals surface area contributed by atoms with Crippen molar-refractivity contribution in [3.05, 3.63) is 48.0 Å². The van der Waals surface area contributed by atoms with Crippen molar-refractivity contribution >= 4 is 5.91 Å². The standard InChI is InChI=1S/C21H18F5NO3/c22-20(23)10-16(11-20)19(28)27-7-8-29-18-6-3-14(9-15(18)12-27)13-1-4-17(5-2-13)30-21(24,25)26/h1-6,9,16H,7-8,10-12H2. The van der Waals surface area contributed by atoms with Gasteiger partial charge in [0.15, 0.2) is 0 Å². The summed E-state index contributed by atoms with van der Waals surface area (Å²) < 4.78 is 72.8. The molecule has 1 heterocycles. The first kappa shape index (κ1) is 20.4. The van der Waals surface area contributed by atoms with Crippen LogP contribution >= 0.6 is 0 Å². The molecule has 0 N–H and O–H groups in total. The van der Waals surface area contributed by atoms with Crippen molar-refractivity contribution in [3.8, 4) is 22.6 Å². The molecule has 1 amide bonds. The highest BCUT2D eigenvalue weighted by atomic mass is 19.4. The maximum absolute atomic E-state index is 13.1. The molecular weight excluding hydrogens is 409 g/mol. The Kier molecular flexibility index (Phi) is 5.07. The van der Waals surface area contributed by atoms with Crippen molar-refractivity contribution in [3.63, 3.8) is 0 Å². The summed E-state index contributed by atoms with van der Waals surface area (Å²) in [5, 5.41) is 0. The molecule has 0 unspecified atom stereocenters. The van der Waals surface area contributed by atoms with Crippen LogP contribution in [0.5, 0.6) is 11.5 Å². The van der Waals surface area contributed by atoms with E-state index in [1.807, 2.05) is 0 Å². The SMILES string of the molecule is O=C(C1CC(F)(F)C1)N1CCOc2ccc(-c3ccc(OC(F)(F)F)cc3)cc2C1. The zero-order chi connectivity index (χ0) is 21.5. The third kappa shape index (κ3) is 4.49. The predicted molar refractivity (Wildman–Crippen MR) is 97.1 cm³/mol. The first-order valence-corrected chi connectivity index (χ1v) is 9.38. The first-order chi connectivity index (χ1) is 14.1. The predicted octanol–water partition coefficient (Wildman–Crippen LogP) is 5.02. The van der Waals surface area contributed by atoms with Crippen LogP contribution in [0.2, 0.25) is 0 Å². The minimum absolute atomic E-state index is 0.222. The van der Waals surface area contributed by atoms with Crippen molar-refractivity contribution in [1.82, 2.24) is 4.90 Å². The summed E-state index contributed by atoms with van der Waals surface area (Å²) in [6.07, 6.45) is -5.62. The van der Waals surface area contributed by atoms with Crippen LogP contribution in [0.15, 0.2) is 42.5 Å². The van der Waals surface area contributed by atoms with Crippen molar-refractivity contribution < 1.29 is 36.2 Å². The third-order valence-electron chi connectivity index (χ3n) is 5.21. The molecule has 1 aliphatic heterocycles. The monoisotopic (exact) mass is 427 g/mol. The quantitative estimate of drug-likeness (QED) is 0.646. The molecule has 1 saturated carbocycles. The molecule has 0 radical (unpaired) electrons. The van der Waals surface area contributed by atoms with Crippen molar-refractivity contribution in [2.75, 3.05) is 13.2 Å². The van der Waals surface area contributed by atoms with Gasteiger partial charge in [-0.05, 0) is 35.4 Å². The van der Waals surface area contributed by atoms with Gasteiger partial charge in [0.1, 0.15) is 18.1 Å². The molecule has 0 bridgehead atoms. The number of alkyl halides is 5. The number of rotatable bonds is 3. The molecule has 4 rings (SSSR count). The number of halogens is 5. The summed E-state index contributed by atoms with van der Waals surface area (Å²) in [5.74, 6) is -3.48. The molecule has 0 aromatic heterocycles. The molecule has 1 fully saturated rings. The number of fused-ring (bicyclic) bond motifs is 1. The lowest BCUT2D eigenvalue weighted by atomic mass is 9.80. The molecule has 9 heteroatoms. The van der Waals surface area contributed by atoms with E-state index in [1.54, 1.807) is 18.2 Å². The molecule has 2 aromatic rings. The van der Waals surface area contributed by atoms with Gasteiger partial charge in [-0.3, -0.25) is 4.79 Å². The van der Waals surface area contributed by atoms with E-state index in [0.29, 0.717) is 23.4 Å². The van der Waals surface area contributed by atoms with Crippen LogP contribution in [0.25, 0.3) is 11.1 Å². The number of amides is 1. The van der Waals surface area contributed by atoms with Gasteiger partial charge in [-0.1, -0.05) is 18.2 Å². The Balaban J connectivity index is 1.51. The number of hydrogen-bond donors (Lipinski definition) is 0. The van der Waals surface area contributed by atoms with Crippen LogP contribution in [0.1, 0.15) is 18.4 Å². The average molecular weight is 427 g/mol. The van der Waals surface area contributed by atoms with Gasteiger partial charge < -0.3 is 14.4 Å². The first-order valence-electron chi connectivity index (χ1n) is 9.38. The Labute approximate surface area is 169 Å². The Morgan fingerprint density at radius 1 is 1.07 bits per heavy atom. The van der Waals surface area contributed by atoms with Gasteiger partial charge in [0.2, 0.25) is 11.8 Å². The molecule has 2 aromatic carbocycles. The Bertz CT molecular complexity index is 935. The topological polar surface area (TPSA) is 38.8 Å². The molecule has 2 aliphatic rings. The number of benzene rings is 2. The number of ether oxygens (including phenoxy) is 2. The Morgan fingerprint density at radius 3 is 2.37 bits per heavy atom. The van der Waals surface area contributed by atoms with E-state index in [-0.39, 0.29) is 24.8 Å². The number of carbonyl (C=O) groups is 1. The molecular formula is C21H18F5NO3.